The molecule has 0 aliphatic heterocycles. The maximum Gasteiger partial charge on any atom is 0.119 e. The average Bonchev–Trinajstić information content (AvgIpc) is 2.80. The van der Waals surface area contributed by atoms with Crippen molar-refractivity contribution in [3.63, 3.8) is 0 Å². The SMILES string of the molecule is Brc1ccc2scc(COc3ccccc3)c2c1. The molecule has 0 spiro atoms. The van der Waals surface area contributed by atoms with Crippen molar-refractivity contribution in [3.05, 3.63) is 63.9 Å². The van der Waals surface area contributed by atoms with Gasteiger partial charge in [-0.25, -0.2) is 0 Å². The largest absolute Gasteiger partial charge is 0.489 e. The number of halogens is 1. The van der Waals surface area contributed by atoms with Gasteiger partial charge in [0.05, 0.1) is 0 Å². The van der Waals surface area contributed by atoms with Crippen molar-refractivity contribution in [3.8, 4) is 5.75 Å². The van der Waals surface area contributed by atoms with Crippen molar-refractivity contribution < 1.29 is 4.74 Å². The highest BCUT2D eigenvalue weighted by atomic mass is 79.9. The molecule has 3 heteroatoms. The van der Waals surface area contributed by atoms with E-state index in [4.69, 9.17) is 4.74 Å². The number of hydrogen-bond acceptors (Lipinski definition) is 2. The summed E-state index contributed by atoms with van der Waals surface area (Å²) in [6.45, 7) is 0.612. The average molecular weight is 319 g/mol. The van der Waals surface area contributed by atoms with E-state index in [9.17, 15) is 0 Å². The van der Waals surface area contributed by atoms with Gasteiger partial charge in [-0.05, 0) is 35.7 Å². The molecule has 1 aromatic heterocycles. The third-order valence-electron chi connectivity index (χ3n) is 2.75. The van der Waals surface area contributed by atoms with Gasteiger partial charge in [-0.3, -0.25) is 0 Å². The van der Waals surface area contributed by atoms with Gasteiger partial charge < -0.3 is 4.74 Å². The van der Waals surface area contributed by atoms with Gasteiger partial charge in [0, 0.05) is 20.1 Å². The first-order chi connectivity index (χ1) is 8.83. The van der Waals surface area contributed by atoms with Crippen molar-refractivity contribution in [2.75, 3.05) is 0 Å². The smallest absolute Gasteiger partial charge is 0.119 e. The van der Waals surface area contributed by atoms with E-state index >= 15 is 0 Å². The third-order valence-corrected chi connectivity index (χ3v) is 4.26. The lowest BCUT2D eigenvalue weighted by Crippen LogP contribution is -1.93. The fraction of sp³-hybridized carbons (Fsp3) is 0.0667. The number of thiophene rings is 1. The molecule has 0 unspecified atom stereocenters. The molecule has 0 saturated heterocycles. The molecule has 90 valence electrons. The van der Waals surface area contributed by atoms with Crippen molar-refractivity contribution in [1.29, 1.82) is 0 Å². The summed E-state index contributed by atoms with van der Waals surface area (Å²) in [6.07, 6.45) is 0. The van der Waals surface area contributed by atoms with E-state index in [0.29, 0.717) is 6.61 Å². The van der Waals surface area contributed by atoms with Crippen LogP contribution < -0.4 is 4.74 Å². The highest BCUT2D eigenvalue weighted by Gasteiger charge is 2.05. The first kappa shape index (κ1) is 11.8. The molecule has 0 fully saturated rings. The molecule has 0 saturated carbocycles. The Morgan fingerprint density at radius 1 is 1.06 bits per heavy atom. The molecule has 0 bridgehead atoms. The van der Waals surface area contributed by atoms with Gasteiger partial charge >= 0.3 is 0 Å². The highest BCUT2D eigenvalue weighted by Crippen LogP contribution is 2.29. The third kappa shape index (κ3) is 2.42. The van der Waals surface area contributed by atoms with Gasteiger partial charge in [-0.1, -0.05) is 34.1 Å². The van der Waals surface area contributed by atoms with E-state index in [1.54, 1.807) is 11.3 Å². The molecule has 3 aromatic rings. The van der Waals surface area contributed by atoms with Crippen molar-refractivity contribution >= 4 is 37.4 Å². The molecule has 1 nitrogen and oxygen atoms in total. The predicted molar refractivity (Wildman–Crippen MR) is 80.3 cm³/mol. The normalized spacial score (nSPS) is 10.7. The molecule has 0 radical (unpaired) electrons. The minimum Gasteiger partial charge on any atom is -0.489 e. The molecule has 0 aliphatic carbocycles. The first-order valence-electron chi connectivity index (χ1n) is 5.66. The van der Waals surface area contributed by atoms with E-state index in [1.807, 2.05) is 30.3 Å². The zero-order valence-corrected chi connectivity index (χ0v) is 12.0. The van der Waals surface area contributed by atoms with Gasteiger partial charge in [-0.2, -0.15) is 0 Å². The zero-order valence-electron chi connectivity index (χ0n) is 9.60. The lowest BCUT2D eigenvalue weighted by molar-refractivity contribution is 0.308. The summed E-state index contributed by atoms with van der Waals surface area (Å²) in [4.78, 5) is 0. The monoisotopic (exact) mass is 318 g/mol. The van der Waals surface area contributed by atoms with Gasteiger partial charge in [0.15, 0.2) is 0 Å². The topological polar surface area (TPSA) is 9.23 Å². The van der Waals surface area contributed by atoms with Crippen LogP contribution in [0.15, 0.2) is 58.4 Å². The Kier molecular flexibility index (Phi) is 3.35. The van der Waals surface area contributed by atoms with Crippen LogP contribution in [0.2, 0.25) is 0 Å². The first-order valence-corrected chi connectivity index (χ1v) is 7.34. The predicted octanol–water partition coefficient (Wildman–Crippen LogP) is 5.24. The molecule has 0 aliphatic rings. The Labute approximate surface area is 118 Å². The Bertz CT molecular complexity index is 661. The fourth-order valence-corrected chi connectivity index (χ4v) is 3.13. The Balaban J connectivity index is 1.85. The van der Waals surface area contributed by atoms with Crippen LogP contribution in [0.3, 0.4) is 0 Å². The van der Waals surface area contributed by atoms with Crippen LogP contribution in [0.4, 0.5) is 0 Å². The van der Waals surface area contributed by atoms with Gasteiger partial charge in [0.25, 0.3) is 0 Å². The summed E-state index contributed by atoms with van der Waals surface area (Å²) in [7, 11) is 0. The van der Waals surface area contributed by atoms with Crippen molar-refractivity contribution in [2.24, 2.45) is 0 Å². The number of ether oxygens (including phenoxy) is 1. The summed E-state index contributed by atoms with van der Waals surface area (Å²) in [6, 6.07) is 16.3. The standard InChI is InChI=1S/C15H11BrOS/c16-12-6-7-15-14(8-12)11(10-18-15)9-17-13-4-2-1-3-5-13/h1-8,10H,9H2. The van der Waals surface area contributed by atoms with E-state index in [2.05, 4.69) is 39.5 Å². The number of hydrogen-bond donors (Lipinski definition) is 0. The van der Waals surface area contributed by atoms with Crippen LogP contribution in [0, 0.1) is 0 Å². The minimum absolute atomic E-state index is 0.612. The van der Waals surface area contributed by atoms with Crippen molar-refractivity contribution in [1.82, 2.24) is 0 Å². The summed E-state index contributed by atoms with van der Waals surface area (Å²) in [5.41, 5.74) is 1.24. The van der Waals surface area contributed by atoms with Gasteiger partial charge in [-0.15, -0.1) is 11.3 Å². The Hall–Kier alpha value is -1.32. The van der Waals surface area contributed by atoms with Crippen LogP contribution in [0.25, 0.3) is 10.1 Å². The Morgan fingerprint density at radius 3 is 2.72 bits per heavy atom. The summed E-state index contributed by atoms with van der Waals surface area (Å²) in [5, 5.41) is 3.44. The second-order valence-corrected chi connectivity index (χ2v) is 5.83. The summed E-state index contributed by atoms with van der Waals surface area (Å²) < 4.78 is 8.19. The molecule has 0 amide bonds. The second-order valence-electron chi connectivity index (χ2n) is 4.00. The molecule has 3 rings (SSSR count). The molecule has 18 heavy (non-hydrogen) atoms. The molecule has 0 N–H and O–H groups in total. The number of rotatable bonds is 3. The zero-order chi connectivity index (χ0) is 12.4. The Morgan fingerprint density at radius 2 is 1.89 bits per heavy atom. The lowest BCUT2D eigenvalue weighted by atomic mass is 10.2. The maximum atomic E-state index is 5.79. The van der Waals surface area contributed by atoms with Crippen molar-refractivity contribution in [2.45, 2.75) is 6.61 Å². The number of fused-ring (bicyclic) bond motifs is 1. The number of benzene rings is 2. The highest BCUT2D eigenvalue weighted by molar-refractivity contribution is 9.10. The lowest BCUT2D eigenvalue weighted by Gasteiger charge is -2.05. The molecule has 0 atom stereocenters. The van der Waals surface area contributed by atoms with Crippen LogP contribution in [-0.4, -0.2) is 0 Å². The van der Waals surface area contributed by atoms with E-state index in [-0.39, 0.29) is 0 Å². The van der Waals surface area contributed by atoms with Crippen LogP contribution in [-0.2, 0) is 6.61 Å². The maximum absolute atomic E-state index is 5.79. The van der Waals surface area contributed by atoms with Crippen LogP contribution in [0.5, 0.6) is 5.75 Å². The summed E-state index contributed by atoms with van der Waals surface area (Å²) >= 11 is 5.27. The van der Waals surface area contributed by atoms with Crippen LogP contribution >= 0.6 is 27.3 Å². The molecule has 1 heterocycles. The molecular formula is C15H11BrOS. The van der Waals surface area contributed by atoms with E-state index in [0.717, 1.165) is 10.2 Å². The van der Waals surface area contributed by atoms with Crippen LogP contribution in [0.1, 0.15) is 5.56 Å². The molecular weight excluding hydrogens is 308 g/mol. The van der Waals surface area contributed by atoms with Gasteiger partial charge in [0.2, 0.25) is 0 Å². The number of para-hydroxylation sites is 1. The van der Waals surface area contributed by atoms with E-state index < -0.39 is 0 Å². The molecule has 2 aromatic carbocycles. The minimum atomic E-state index is 0.612. The fourth-order valence-electron chi connectivity index (χ4n) is 1.84. The van der Waals surface area contributed by atoms with E-state index in [1.165, 1.54) is 15.6 Å². The second kappa shape index (κ2) is 5.12. The van der Waals surface area contributed by atoms with Gasteiger partial charge in [0.1, 0.15) is 12.4 Å². The quantitative estimate of drug-likeness (QED) is 0.641. The summed E-state index contributed by atoms with van der Waals surface area (Å²) in [5.74, 6) is 0.909.